The van der Waals surface area contributed by atoms with Crippen molar-refractivity contribution >= 4 is 17.5 Å². The molecular weight excluding hydrogens is 248 g/mol. The molecule has 0 aromatic carbocycles. The van der Waals surface area contributed by atoms with Crippen molar-refractivity contribution in [2.45, 2.75) is 62.4 Å². The molecule has 0 aromatic heterocycles. The Bertz CT molecular complexity index is 406. The summed E-state index contributed by atoms with van der Waals surface area (Å²) in [6.45, 7) is 3.93. The summed E-state index contributed by atoms with van der Waals surface area (Å²) < 4.78 is 0. The number of rotatable bonds is 1. The highest BCUT2D eigenvalue weighted by Gasteiger charge is 2.60. The molecule has 4 saturated carbocycles. The van der Waals surface area contributed by atoms with Crippen molar-refractivity contribution in [3.8, 4) is 0 Å². The average Bonchev–Trinajstić information content (AvgIpc) is 2.24. The molecular formula is C14H21ClN2O. The largest absolute Gasteiger partial charge is 0.272 e. The maximum absolute atomic E-state index is 12.2. The van der Waals surface area contributed by atoms with E-state index in [-0.39, 0.29) is 16.3 Å². The molecule has 5 aliphatic rings. The van der Waals surface area contributed by atoms with Gasteiger partial charge in [-0.25, -0.2) is 5.43 Å². The lowest BCUT2D eigenvalue weighted by molar-refractivity contribution is -0.182. The number of nitrogens with zero attached hydrogens (tertiary/aromatic N) is 1. The van der Waals surface area contributed by atoms with Crippen LogP contribution in [0.15, 0.2) is 0 Å². The topological polar surface area (TPSA) is 32.3 Å². The first kappa shape index (κ1) is 11.5. The molecule has 5 fully saturated rings. The minimum atomic E-state index is -0.354. The summed E-state index contributed by atoms with van der Waals surface area (Å²) in [5, 5.41) is 1.94. The van der Waals surface area contributed by atoms with E-state index < -0.39 is 0 Å². The van der Waals surface area contributed by atoms with Crippen molar-refractivity contribution in [2.75, 3.05) is 0 Å². The Morgan fingerprint density at radius 2 is 1.83 bits per heavy atom. The zero-order valence-corrected chi connectivity index (χ0v) is 11.8. The van der Waals surface area contributed by atoms with Gasteiger partial charge in [-0.2, -0.15) is 0 Å². The predicted octanol–water partition coefficient (Wildman–Crippen LogP) is 2.30. The maximum atomic E-state index is 12.2. The van der Waals surface area contributed by atoms with Gasteiger partial charge in [0.1, 0.15) is 5.54 Å². The highest BCUT2D eigenvalue weighted by molar-refractivity contribution is 6.24. The fraction of sp³-hybridized carbons (Fsp3) is 0.929. The molecule has 4 heteroatoms. The number of carbonyl (C=O) groups is 1. The van der Waals surface area contributed by atoms with Crippen LogP contribution in [0.1, 0.15) is 46.0 Å². The minimum absolute atomic E-state index is 0.0659. The van der Waals surface area contributed by atoms with E-state index >= 15 is 0 Å². The van der Waals surface area contributed by atoms with E-state index in [0.717, 1.165) is 18.8 Å². The average molecular weight is 269 g/mol. The minimum Gasteiger partial charge on any atom is -0.272 e. The van der Waals surface area contributed by atoms with Crippen LogP contribution < -0.4 is 5.43 Å². The summed E-state index contributed by atoms with van der Waals surface area (Å²) in [6.07, 6.45) is 5.99. The molecule has 0 aromatic rings. The highest BCUT2D eigenvalue weighted by atomic mass is 35.5. The Balaban J connectivity index is 1.60. The lowest BCUT2D eigenvalue weighted by Crippen LogP contribution is -2.79. The van der Waals surface area contributed by atoms with Crippen molar-refractivity contribution in [2.24, 2.45) is 17.8 Å². The summed E-state index contributed by atoms with van der Waals surface area (Å²) in [5.41, 5.74) is 3.00. The maximum Gasteiger partial charge on any atom is 0.258 e. The monoisotopic (exact) mass is 268 g/mol. The SMILES string of the molecule is CC1(C)NN(C2[C@@H]3CC4C[C@H]2CC(Cl)(C4)C3)C1=O. The van der Waals surface area contributed by atoms with Crippen LogP contribution in [-0.4, -0.2) is 27.4 Å². The van der Waals surface area contributed by atoms with E-state index in [9.17, 15) is 4.79 Å². The summed E-state index contributed by atoms with van der Waals surface area (Å²) >= 11 is 6.73. The number of halogens is 1. The summed E-state index contributed by atoms with van der Waals surface area (Å²) in [4.78, 5) is 12.3. The summed E-state index contributed by atoms with van der Waals surface area (Å²) in [5.74, 6) is 2.34. The number of alkyl halides is 1. The van der Waals surface area contributed by atoms with E-state index in [0.29, 0.717) is 17.9 Å². The van der Waals surface area contributed by atoms with Crippen LogP contribution in [0, 0.1) is 17.8 Å². The molecule has 1 saturated heterocycles. The van der Waals surface area contributed by atoms with Crippen LogP contribution in [0.2, 0.25) is 0 Å². The molecule has 3 nitrogen and oxygen atoms in total. The van der Waals surface area contributed by atoms with Crippen LogP contribution in [0.5, 0.6) is 0 Å². The van der Waals surface area contributed by atoms with Gasteiger partial charge in [-0.3, -0.25) is 9.80 Å². The fourth-order valence-corrected chi connectivity index (χ4v) is 5.79. The second-order valence-corrected chi connectivity index (χ2v) is 8.33. The van der Waals surface area contributed by atoms with Gasteiger partial charge in [0, 0.05) is 4.87 Å². The molecule has 1 aliphatic heterocycles. The Hall–Kier alpha value is -0.280. The van der Waals surface area contributed by atoms with Gasteiger partial charge in [0.15, 0.2) is 0 Å². The zero-order valence-electron chi connectivity index (χ0n) is 11.1. The smallest absolute Gasteiger partial charge is 0.258 e. The summed E-state index contributed by atoms with van der Waals surface area (Å²) in [6, 6.07) is 0.411. The Morgan fingerprint density at radius 1 is 1.22 bits per heavy atom. The van der Waals surface area contributed by atoms with E-state index in [1.54, 1.807) is 0 Å². The van der Waals surface area contributed by atoms with Crippen molar-refractivity contribution in [3.63, 3.8) is 0 Å². The molecule has 4 aliphatic carbocycles. The van der Waals surface area contributed by atoms with Gasteiger partial charge in [0.25, 0.3) is 5.91 Å². The third-order valence-corrected chi connectivity index (χ3v) is 6.06. The molecule has 1 heterocycles. The predicted molar refractivity (Wildman–Crippen MR) is 70.0 cm³/mol. The lowest BCUT2D eigenvalue weighted by atomic mass is 9.53. The van der Waals surface area contributed by atoms with Crippen molar-refractivity contribution in [1.82, 2.24) is 10.4 Å². The van der Waals surface area contributed by atoms with Crippen LogP contribution in [-0.2, 0) is 4.79 Å². The highest BCUT2D eigenvalue weighted by Crippen LogP contribution is 2.59. The number of hydrogen-bond acceptors (Lipinski definition) is 2. The van der Waals surface area contributed by atoms with Gasteiger partial charge in [-0.1, -0.05) is 0 Å². The van der Waals surface area contributed by atoms with E-state index in [1.807, 2.05) is 18.9 Å². The number of hydrogen-bond donors (Lipinski definition) is 1. The first-order chi connectivity index (χ1) is 8.38. The Morgan fingerprint density at radius 3 is 2.28 bits per heavy atom. The molecule has 100 valence electrons. The normalized spacial score (nSPS) is 52.6. The number of hydrazine groups is 1. The van der Waals surface area contributed by atoms with Gasteiger partial charge in [0.05, 0.1) is 6.04 Å². The third kappa shape index (κ3) is 1.38. The van der Waals surface area contributed by atoms with Crippen LogP contribution in [0.4, 0.5) is 0 Å². The molecule has 4 bridgehead atoms. The molecule has 18 heavy (non-hydrogen) atoms. The van der Waals surface area contributed by atoms with Gasteiger partial charge in [-0.15, -0.1) is 11.6 Å². The molecule has 1 amide bonds. The second-order valence-electron chi connectivity index (χ2n) is 7.52. The molecule has 3 unspecified atom stereocenters. The second kappa shape index (κ2) is 3.24. The first-order valence-electron chi connectivity index (χ1n) is 7.18. The fourth-order valence-electron chi connectivity index (χ4n) is 5.18. The van der Waals surface area contributed by atoms with Crippen molar-refractivity contribution in [1.29, 1.82) is 0 Å². The van der Waals surface area contributed by atoms with Gasteiger partial charge < -0.3 is 0 Å². The standard InChI is InChI=1S/C14H21ClN2O/c1-13(2)12(18)17(16-13)11-9-3-8-4-10(11)7-14(15,5-8)6-9/h8-11,16H,3-7H2,1-2H3/t8?,9-,10+,11?,14?. The van der Waals surface area contributed by atoms with E-state index in [4.69, 9.17) is 11.6 Å². The molecule has 1 N–H and O–H groups in total. The molecule has 0 radical (unpaired) electrons. The molecule has 5 atom stereocenters. The van der Waals surface area contributed by atoms with Gasteiger partial charge >= 0.3 is 0 Å². The van der Waals surface area contributed by atoms with E-state index in [2.05, 4.69) is 5.43 Å². The first-order valence-corrected chi connectivity index (χ1v) is 7.56. The van der Waals surface area contributed by atoms with Crippen LogP contribution >= 0.6 is 11.6 Å². The zero-order chi connectivity index (χ0) is 12.7. The van der Waals surface area contributed by atoms with E-state index in [1.165, 1.54) is 19.3 Å². The quantitative estimate of drug-likeness (QED) is 0.740. The lowest BCUT2D eigenvalue weighted by Gasteiger charge is -2.63. The van der Waals surface area contributed by atoms with Crippen LogP contribution in [0.25, 0.3) is 0 Å². The molecule has 0 spiro atoms. The van der Waals surface area contributed by atoms with Gasteiger partial charge in [-0.05, 0) is 63.7 Å². The number of amides is 1. The van der Waals surface area contributed by atoms with Crippen molar-refractivity contribution in [3.05, 3.63) is 0 Å². The van der Waals surface area contributed by atoms with Crippen molar-refractivity contribution < 1.29 is 4.79 Å². The van der Waals surface area contributed by atoms with Gasteiger partial charge in [0.2, 0.25) is 0 Å². The third-order valence-electron chi connectivity index (χ3n) is 5.60. The summed E-state index contributed by atoms with van der Waals surface area (Å²) in [7, 11) is 0. The number of carbonyl (C=O) groups excluding carboxylic acids is 1. The molecule has 5 rings (SSSR count). The number of nitrogens with one attached hydrogen (secondary N) is 1. The Kier molecular flexibility index (Phi) is 2.08. The Labute approximate surface area is 113 Å². The van der Waals surface area contributed by atoms with Crippen LogP contribution in [0.3, 0.4) is 0 Å².